The molecule has 2 atom stereocenters. The number of nitrogens with zero attached hydrogens (tertiary/aromatic N) is 2. The first-order valence-corrected chi connectivity index (χ1v) is 20.4. The van der Waals surface area contributed by atoms with E-state index in [4.69, 9.17) is 11.6 Å². The molecule has 2 unspecified atom stereocenters. The molecule has 1 aromatic heterocycles. The number of thiophene rings is 1. The average Bonchev–Trinajstić information content (AvgIpc) is 3.64. The lowest BCUT2D eigenvalue weighted by atomic mass is 9.79. The van der Waals surface area contributed by atoms with Gasteiger partial charge in [-0.05, 0) is 81.1 Å². The van der Waals surface area contributed by atoms with Crippen LogP contribution in [0.2, 0.25) is 0 Å². The summed E-state index contributed by atoms with van der Waals surface area (Å²) in [6.07, 6.45) is 25.9. The first-order valence-electron chi connectivity index (χ1n) is 19.1. The van der Waals surface area contributed by atoms with Crippen LogP contribution in [0.4, 0.5) is 17.1 Å². The van der Waals surface area contributed by atoms with Gasteiger partial charge in [0.25, 0.3) is 0 Å². The molecule has 0 saturated carbocycles. The number of allylic oxidation sites excluding steroid dienone is 13. The van der Waals surface area contributed by atoms with Crippen molar-refractivity contribution >= 4 is 78.2 Å². The van der Waals surface area contributed by atoms with E-state index < -0.39 is 0 Å². The van der Waals surface area contributed by atoms with Crippen molar-refractivity contribution < 1.29 is 0 Å². The van der Waals surface area contributed by atoms with Crippen LogP contribution < -0.4 is 4.90 Å². The van der Waals surface area contributed by atoms with Crippen LogP contribution in [0.5, 0.6) is 0 Å². The molecule has 0 aliphatic heterocycles. The van der Waals surface area contributed by atoms with Gasteiger partial charge in [-0.1, -0.05) is 165 Å². The molecule has 0 bridgehead atoms. The van der Waals surface area contributed by atoms with E-state index >= 15 is 0 Å². The second-order valence-corrected chi connectivity index (χ2v) is 15.8. The zero-order valence-electron chi connectivity index (χ0n) is 31.4. The van der Waals surface area contributed by atoms with Crippen LogP contribution in [0.25, 0.3) is 42.1 Å². The molecule has 7 aromatic rings. The molecule has 0 amide bonds. The molecule has 2 nitrogen and oxygen atoms in total. The van der Waals surface area contributed by atoms with Crippen molar-refractivity contribution in [1.29, 1.82) is 0 Å². The summed E-state index contributed by atoms with van der Waals surface area (Å²) < 4.78 is 2.44. The van der Waals surface area contributed by atoms with Gasteiger partial charge in [-0.25, -0.2) is 0 Å². The molecule has 4 heteroatoms. The number of thiol groups is 1. The fourth-order valence-corrected chi connectivity index (χ4v) is 9.32. The van der Waals surface area contributed by atoms with E-state index in [-0.39, 0.29) is 0 Å². The number of anilines is 2. The molecule has 0 N–H and O–H groups in total. The molecule has 57 heavy (non-hydrogen) atoms. The van der Waals surface area contributed by atoms with Gasteiger partial charge in [0.15, 0.2) is 0 Å². The highest BCUT2D eigenvalue weighted by Gasteiger charge is 2.23. The number of benzene rings is 6. The number of rotatable bonds is 10. The van der Waals surface area contributed by atoms with Crippen molar-refractivity contribution in [2.75, 3.05) is 4.90 Å². The Morgan fingerprint density at radius 2 is 1.42 bits per heavy atom. The van der Waals surface area contributed by atoms with Gasteiger partial charge >= 0.3 is 0 Å². The molecule has 9 rings (SSSR count). The maximum Gasteiger partial charge on any atom is 0.0763 e. The number of hydrogen-bond donors (Lipinski definition) is 1. The predicted molar refractivity (Wildman–Crippen MR) is 251 cm³/mol. The van der Waals surface area contributed by atoms with Gasteiger partial charge in [0.1, 0.15) is 0 Å². The van der Waals surface area contributed by atoms with Gasteiger partial charge in [-0.15, -0.1) is 24.0 Å². The first kappa shape index (κ1) is 36.2. The predicted octanol–water partition coefficient (Wildman–Crippen LogP) is 15.1. The van der Waals surface area contributed by atoms with Crippen LogP contribution in [-0.4, -0.2) is 6.21 Å². The Labute approximate surface area is 344 Å². The van der Waals surface area contributed by atoms with Gasteiger partial charge in [-0.2, -0.15) is 0 Å². The zero-order valence-corrected chi connectivity index (χ0v) is 33.1. The smallest absolute Gasteiger partial charge is 0.0763 e. The maximum atomic E-state index is 4.78. The Kier molecular flexibility index (Phi) is 10.1. The summed E-state index contributed by atoms with van der Waals surface area (Å²) in [4.78, 5) is 7.95. The van der Waals surface area contributed by atoms with Crippen LogP contribution in [0, 0.1) is 11.8 Å². The second-order valence-electron chi connectivity index (χ2n) is 14.3. The molecule has 1 heterocycles. The Balaban J connectivity index is 1.19. The van der Waals surface area contributed by atoms with E-state index in [0.717, 1.165) is 38.8 Å². The molecule has 6 aromatic carbocycles. The quantitative estimate of drug-likeness (QED) is 0.0832. The molecule has 274 valence electrons. The van der Waals surface area contributed by atoms with E-state index in [2.05, 4.69) is 182 Å². The minimum absolute atomic E-state index is 0.310. The van der Waals surface area contributed by atoms with E-state index in [1.807, 2.05) is 54.0 Å². The molecular weight excluding hydrogens is 729 g/mol. The fraction of sp³-hybridized carbons (Fsp3) is 0.0377. The first-order chi connectivity index (χ1) is 28.0. The number of aliphatic imine (C=N–C) groups is 1. The Hall–Kier alpha value is -6.46. The number of fused-ring (bicyclic) bond motifs is 6. The largest absolute Gasteiger partial charge is 0.310 e. The van der Waals surface area contributed by atoms with Gasteiger partial charge < -0.3 is 4.90 Å². The summed E-state index contributed by atoms with van der Waals surface area (Å²) in [7, 11) is 0. The van der Waals surface area contributed by atoms with E-state index in [0.29, 0.717) is 11.8 Å². The third kappa shape index (κ3) is 7.34. The third-order valence-electron chi connectivity index (χ3n) is 10.6. The highest BCUT2D eigenvalue weighted by molar-refractivity contribution is 7.80. The van der Waals surface area contributed by atoms with Crippen LogP contribution in [-0.2, 0) is 0 Å². The zero-order chi connectivity index (χ0) is 38.7. The van der Waals surface area contributed by atoms with Crippen molar-refractivity contribution in [1.82, 2.24) is 0 Å². The minimum Gasteiger partial charge on any atom is -0.310 e. The Morgan fingerprint density at radius 3 is 2.19 bits per heavy atom. The third-order valence-corrected chi connectivity index (χ3v) is 12.2. The molecule has 0 saturated heterocycles. The average molecular weight is 769 g/mol. The van der Waals surface area contributed by atoms with Crippen LogP contribution in [0.1, 0.15) is 5.56 Å². The number of para-hydroxylation sites is 1. The summed E-state index contributed by atoms with van der Waals surface area (Å²) in [5.41, 5.74) is 9.56. The number of hydrogen-bond acceptors (Lipinski definition) is 4. The summed E-state index contributed by atoms with van der Waals surface area (Å²) >= 11 is 6.44. The summed E-state index contributed by atoms with van der Waals surface area (Å²) in [6, 6.07) is 45.0. The van der Waals surface area contributed by atoms with Gasteiger partial charge in [0, 0.05) is 54.5 Å². The molecule has 2 aliphatic rings. The van der Waals surface area contributed by atoms with Crippen molar-refractivity contribution in [2.45, 2.75) is 4.90 Å². The summed E-state index contributed by atoms with van der Waals surface area (Å²) in [6.45, 7) is 8.71. The lowest BCUT2D eigenvalue weighted by Gasteiger charge is -2.28. The lowest BCUT2D eigenvalue weighted by molar-refractivity contribution is 0.652. The second kappa shape index (κ2) is 16.0. The molecular formula is C53H40N2S2. The normalized spacial score (nSPS) is 16.5. The fourth-order valence-electron chi connectivity index (χ4n) is 7.79. The minimum atomic E-state index is 0.310. The maximum absolute atomic E-state index is 4.78. The van der Waals surface area contributed by atoms with Crippen molar-refractivity contribution in [2.24, 2.45) is 16.8 Å². The highest BCUT2D eigenvalue weighted by atomic mass is 32.1. The molecule has 0 radical (unpaired) electrons. The van der Waals surface area contributed by atoms with E-state index in [1.165, 1.54) is 47.6 Å². The molecule has 2 aliphatic carbocycles. The van der Waals surface area contributed by atoms with Crippen molar-refractivity contribution in [3.05, 3.63) is 230 Å². The molecule has 0 fully saturated rings. The van der Waals surface area contributed by atoms with E-state index in [9.17, 15) is 0 Å². The lowest BCUT2D eigenvalue weighted by Crippen LogP contribution is -2.15. The monoisotopic (exact) mass is 768 g/mol. The SMILES string of the molecule is C=C/C=C\C1=CC2C=CC=CC2C=C1/C=C\C(=C)N(c1ccc(-c2ccccc2)cc1)c1cc2ccccc2c2sc3cc(C=Nc4ccccc4S)ccc3c12. The topological polar surface area (TPSA) is 15.6 Å². The van der Waals surface area contributed by atoms with Crippen molar-refractivity contribution in [3.63, 3.8) is 0 Å². The Bertz CT molecular complexity index is 2900. The van der Waals surface area contributed by atoms with Gasteiger partial charge in [-0.3, -0.25) is 4.99 Å². The van der Waals surface area contributed by atoms with Crippen LogP contribution >= 0.6 is 24.0 Å². The Morgan fingerprint density at radius 1 is 0.719 bits per heavy atom. The van der Waals surface area contributed by atoms with Gasteiger partial charge in [0.05, 0.1) is 11.4 Å². The molecule has 0 spiro atoms. The standard InChI is InChI=1S/C53H40N2S2/c1-3-4-14-40-32-41-17-8-9-18-42(41)33-43(40)25-23-36(2)55(45-28-26-39(27-29-45)38-15-6-5-7-16-38)49-34-44-19-10-11-20-46(44)53-52(49)47-30-24-37(31-51(47)57-53)35-54-48-21-12-13-22-50(48)56/h3-35,41-42,56H,1-2H2/b14-4-,25-23-,54-35?. The van der Waals surface area contributed by atoms with Crippen LogP contribution in [0.15, 0.2) is 234 Å². The highest BCUT2D eigenvalue weighted by Crippen LogP contribution is 2.47. The summed E-state index contributed by atoms with van der Waals surface area (Å²) in [5, 5.41) is 4.81. The van der Waals surface area contributed by atoms with Gasteiger partial charge in [0.2, 0.25) is 0 Å². The van der Waals surface area contributed by atoms with Crippen molar-refractivity contribution in [3.8, 4) is 11.1 Å². The van der Waals surface area contributed by atoms with E-state index in [1.54, 1.807) is 0 Å². The summed E-state index contributed by atoms with van der Waals surface area (Å²) in [5.74, 6) is 0.646. The van der Waals surface area contributed by atoms with Crippen LogP contribution in [0.3, 0.4) is 0 Å².